The molecule has 6 heteroatoms. The van der Waals surface area contributed by atoms with Gasteiger partial charge in [0.25, 0.3) is 0 Å². The Morgan fingerprint density at radius 2 is 2.06 bits per heavy atom. The summed E-state index contributed by atoms with van der Waals surface area (Å²) in [5.41, 5.74) is 0.155. The van der Waals surface area contributed by atoms with E-state index in [9.17, 15) is 8.42 Å². The van der Waals surface area contributed by atoms with Crippen molar-refractivity contribution in [3.05, 3.63) is 29.8 Å². The molecule has 0 atom stereocenters. The van der Waals surface area contributed by atoms with Crippen molar-refractivity contribution in [3.8, 4) is 6.07 Å². The summed E-state index contributed by atoms with van der Waals surface area (Å²) < 4.78 is 31.3. The van der Waals surface area contributed by atoms with Crippen molar-refractivity contribution in [3.63, 3.8) is 0 Å². The maximum absolute atomic E-state index is 12.0. The van der Waals surface area contributed by atoms with E-state index in [2.05, 4.69) is 4.72 Å². The number of nitriles is 1. The highest BCUT2D eigenvalue weighted by Gasteiger charge is 2.16. The summed E-state index contributed by atoms with van der Waals surface area (Å²) in [5, 5.41) is 8.86. The quantitative estimate of drug-likeness (QED) is 0.755. The van der Waals surface area contributed by atoms with Crippen LogP contribution in [0.4, 0.5) is 0 Å². The van der Waals surface area contributed by atoms with Crippen LogP contribution in [0.1, 0.15) is 18.4 Å². The topological polar surface area (TPSA) is 79.2 Å². The second-order valence-electron chi connectivity index (χ2n) is 3.71. The van der Waals surface area contributed by atoms with Crippen LogP contribution in [0.2, 0.25) is 0 Å². The second kappa shape index (κ2) is 7.11. The van der Waals surface area contributed by atoms with E-state index in [1.54, 1.807) is 19.2 Å². The van der Waals surface area contributed by atoms with Crippen LogP contribution in [0.5, 0.6) is 0 Å². The summed E-state index contributed by atoms with van der Waals surface area (Å²) in [6, 6.07) is 8.02. The molecule has 98 valence electrons. The number of unbranched alkanes of at least 4 members (excludes halogenated alkanes) is 1. The minimum absolute atomic E-state index is 0.0271. The van der Waals surface area contributed by atoms with Gasteiger partial charge in [-0.25, -0.2) is 13.1 Å². The van der Waals surface area contributed by atoms with Crippen LogP contribution >= 0.6 is 0 Å². The van der Waals surface area contributed by atoms with Gasteiger partial charge in [-0.05, 0) is 25.0 Å². The molecule has 1 aromatic rings. The molecule has 0 amide bonds. The summed E-state index contributed by atoms with van der Waals surface area (Å²) in [6.45, 7) is 0.946. The molecule has 0 spiro atoms. The van der Waals surface area contributed by atoms with Gasteiger partial charge in [-0.2, -0.15) is 5.26 Å². The van der Waals surface area contributed by atoms with Gasteiger partial charge >= 0.3 is 0 Å². The smallest absolute Gasteiger partial charge is 0.241 e. The van der Waals surface area contributed by atoms with Crippen molar-refractivity contribution < 1.29 is 13.2 Å². The van der Waals surface area contributed by atoms with Crippen molar-refractivity contribution >= 4 is 10.0 Å². The highest BCUT2D eigenvalue weighted by Crippen LogP contribution is 2.13. The largest absolute Gasteiger partial charge is 0.385 e. The van der Waals surface area contributed by atoms with E-state index in [-0.39, 0.29) is 10.5 Å². The SMILES string of the molecule is COCCCCNS(=O)(=O)c1ccccc1C#N. The second-order valence-corrected chi connectivity index (χ2v) is 5.44. The lowest BCUT2D eigenvalue weighted by Crippen LogP contribution is -2.25. The van der Waals surface area contributed by atoms with Crippen LogP contribution < -0.4 is 4.72 Å². The summed E-state index contributed by atoms with van der Waals surface area (Å²) in [5.74, 6) is 0. The molecule has 0 bridgehead atoms. The number of methoxy groups -OCH3 is 1. The lowest BCUT2D eigenvalue weighted by atomic mass is 10.2. The fourth-order valence-electron chi connectivity index (χ4n) is 1.45. The molecule has 18 heavy (non-hydrogen) atoms. The van der Waals surface area contributed by atoms with Crippen LogP contribution in [0.3, 0.4) is 0 Å². The number of hydrogen-bond acceptors (Lipinski definition) is 4. The minimum Gasteiger partial charge on any atom is -0.385 e. The zero-order valence-corrected chi connectivity index (χ0v) is 11.0. The van der Waals surface area contributed by atoms with Crippen molar-refractivity contribution in [2.75, 3.05) is 20.3 Å². The van der Waals surface area contributed by atoms with Gasteiger partial charge in [-0.1, -0.05) is 12.1 Å². The summed E-state index contributed by atoms with van der Waals surface area (Å²) in [4.78, 5) is 0.0271. The van der Waals surface area contributed by atoms with Gasteiger partial charge in [0.15, 0.2) is 0 Å². The first-order valence-electron chi connectivity index (χ1n) is 5.59. The molecule has 0 aliphatic carbocycles. The molecular formula is C12H16N2O3S. The van der Waals surface area contributed by atoms with Gasteiger partial charge in [-0.3, -0.25) is 0 Å². The van der Waals surface area contributed by atoms with E-state index in [4.69, 9.17) is 10.00 Å². The molecule has 0 saturated heterocycles. The summed E-state index contributed by atoms with van der Waals surface area (Å²) in [7, 11) is -2.00. The first-order valence-corrected chi connectivity index (χ1v) is 7.08. The standard InChI is InChI=1S/C12H16N2O3S/c1-17-9-5-4-8-14-18(15,16)12-7-3-2-6-11(12)10-13/h2-3,6-7,14H,4-5,8-9H2,1H3. The predicted octanol–water partition coefficient (Wildman–Crippen LogP) is 1.26. The Balaban J connectivity index is 2.67. The van der Waals surface area contributed by atoms with Crippen LogP contribution in [0.15, 0.2) is 29.2 Å². The lowest BCUT2D eigenvalue weighted by molar-refractivity contribution is 0.193. The van der Waals surface area contributed by atoms with Gasteiger partial charge in [0, 0.05) is 20.3 Å². The van der Waals surface area contributed by atoms with Gasteiger partial charge in [-0.15, -0.1) is 0 Å². The fourth-order valence-corrected chi connectivity index (χ4v) is 2.68. The Morgan fingerprint density at radius 1 is 1.33 bits per heavy atom. The predicted molar refractivity (Wildman–Crippen MR) is 67.5 cm³/mol. The van der Waals surface area contributed by atoms with Gasteiger partial charge < -0.3 is 4.74 Å². The van der Waals surface area contributed by atoms with E-state index in [1.807, 2.05) is 6.07 Å². The lowest BCUT2D eigenvalue weighted by Gasteiger charge is -2.07. The molecule has 0 unspecified atom stereocenters. The highest BCUT2D eigenvalue weighted by atomic mass is 32.2. The van der Waals surface area contributed by atoms with E-state index < -0.39 is 10.0 Å². The normalized spacial score (nSPS) is 11.1. The Hall–Kier alpha value is -1.42. The number of hydrogen-bond donors (Lipinski definition) is 1. The Labute approximate surface area is 107 Å². The molecule has 1 N–H and O–H groups in total. The third-order valence-electron chi connectivity index (χ3n) is 2.36. The van der Waals surface area contributed by atoms with E-state index in [0.717, 1.165) is 6.42 Å². The monoisotopic (exact) mass is 268 g/mol. The van der Waals surface area contributed by atoms with Crippen LogP contribution in [0, 0.1) is 11.3 Å². The Morgan fingerprint density at radius 3 is 2.72 bits per heavy atom. The van der Waals surface area contributed by atoms with E-state index in [0.29, 0.717) is 19.6 Å². The fraction of sp³-hybridized carbons (Fsp3) is 0.417. The first-order chi connectivity index (χ1) is 8.61. The number of sulfonamides is 1. The molecule has 0 aliphatic rings. The summed E-state index contributed by atoms with van der Waals surface area (Å²) >= 11 is 0. The molecule has 0 saturated carbocycles. The average molecular weight is 268 g/mol. The average Bonchev–Trinajstić information content (AvgIpc) is 2.38. The van der Waals surface area contributed by atoms with Gasteiger partial charge in [0.1, 0.15) is 6.07 Å². The molecule has 0 aliphatic heterocycles. The van der Waals surface area contributed by atoms with Crippen LogP contribution in [-0.2, 0) is 14.8 Å². The maximum atomic E-state index is 12.0. The zero-order chi connectivity index (χ0) is 13.4. The van der Waals surface area contributed by atoms with Gasteiger partial charge in [0.05, 0.1) is 10.5 Å². The molecule has 0 radical (unpaired) electrons. The van der Waals surface area contributed by atoms with E-state index in [1.165, 1.54) is 12.1 Å². The van der Waals surface area contributed by atoms with Crippen molar-refractivity contribution in [2.45, 2.75) is 17.7 Å². The Bertz CT molecular complexity index is 520. The van der Waals surface area contributed by atoms with Crippen molar-refractivity contribution in [1.29, 1.82) is 5.26 Å². The Kier molecular flexibility index (Phi) is 5.78. The molecule has 1 aromatic carbocycles. The molecule has 0 fully saturated rings. The van der Waals surface area contributed by atoms with Crippen LogP contribution in [-0.4, -0.2) is 28.7 Å². The summed E-state index contributed by atoms with van der Waals surface area (Å²) in [6.07, 6.45) is 1.49. The first kappa shape index (κ1) is 14.6. The third-order valence-corrected chi connectivity index (χ3v) is 3.88. The maximum Gasteiger partial charge on any atom is 0.241 e. The van der Waals surface area contributed by atoms with Gasteiger partial charge in [0.2, 0.25) is 10.0 Å². The number of nitrogens with one attached hydrogen (secondary N) is 1. The minimum atomic E-state index is -3.60. The molecule has 5 nitrogen and oxygen atoms in total. The number of ether oxygens (including phenoxy) is 1. The zero-order valence-electron chi connectivity index (χ0n) is 10.2. The highest BCUT2D eigenvalue weighted by molar-refractivity contribution is 7.89. The third kappa shape index (κ3) is 4.11. The van der Waals surface area contributed by atoms with E-state index >= 15 is 0 Å². The van der Waals surface area contributed by atoms with Crippen molar-refractivity contribution in [2.24, 2.45) is 0 Å². The number of benzene rings is 1. The number of nitrogens with zero attached hydrogens (tertiary/aromatic N) is 1. The molecule has 1 rings (SSSR count). The molecule has 0 aromatic heterocycles. The number of rotatable bonds is 7. The van der Waals surface area contributed by atoms with Crippen molar-refractivity contribution in [1.82, 2.24) is 4.72 Å². The molecule has 0 heterocycles. The molecular weight excluding hydrogens is 252 g/mol. The van der Waals surface area contributed by atoms with Crippen LogP contribution in [0.25, 0.3) is 0 Å².